The molecule has 0 radical (unpaired) electrons. The molecule has 2 aromatic heterocycles. The summed E-state index contributed by atoms with van der Waals surface area (Å²) >= 11 is 0. The number of nitrogens with zero attached hydrogens (tertiary/aromatic N) is 3. The van der Waals surface area contributed by atoms with Crippen molar-refractivity contribution in [1.29, 1.82) is 0 Å². The highest BCUT2D eigenvalue weighted by atomic mass is 32.2. The van der Waals surface area contributed by atoms with Crippen molar-refractivity contribution in [3.63, 3.8) is 0 Å². The Morgan fingerprint density at radius 2 is 1.70 bits per heavy atom. The van der Waals surface area contributed by atoms with Crippen LogP contribution in [0.15, 0.2) is 58.4 Å². The van der Waals surface area contributed by atoms with Crippen molar-refractivity contribution in [1.82, 2.24) is 19.5 Å². The van der Waals surface area contributed by atoms with Crippen LogP contribution in [0.1, 0.15) is 56.2 Å². The van der Waals surface area contributed by atoms with Gasteiger partial charge in [-0.2, -0.15) is 5.10 Å². The van der Waals surface area contributed by atoms with E-state index in [0.717, 1.165) is 36.8 Å². The van der Waals surface area contributed by atoms with Gasteiger partial charge in [-0.05, 0) is 56.7 Å². The third kappa shape index (κ3) is 3.77. The Hall–Kier alpha value is -2.58. The number of nitrogens with one attached hydrogen (secondary N) is 1. The first-order valence-corrected chi connectivity index (χ1v) is 12.0. The van der Waals surface area contributed by atoms with E-state index in [1.165, 1.54) is 0 Å². The van der Waals surface area contributed by atoms with Gasteiger partial charge in [0, 0.05) is 29.6 Å². The van der Waals surface area contributed by atoms with Crippen LogP contribution >= 0.6 is 0 Å². The van der Waals surface area contributed by atoms with Gasteiger partial charge < -0.3 is 0 Å². The molecule has 2 heterocycles. The van der Waals surface area contributed by atoms with Crippen LogP contribution in [-0.4, -0.2) is 29.2 Å². The van der Waals surface area contributed by atoms with Gasteiger partial charge in [0.1, 0.15) is 4.90 Å². The highest BCUT2D eigenvalue weighted by Crippen LogP contribution is 2.38. The number of aromatic nitrogens is 3. The zero-order chi connectivity index (χ0) is 20.7. The van der Waals surface area contributed by atoms with Crippen molar-refractivity contribution in [2.75, 3.05) is 0 Å². The second kappa shape index (κ2) is 7.59. The molecule has 0 amide bonds. The number of rotatable bonds is 5. The summed E-state index contributed by atoms with van der Waals surface area (Å²) in [6, 6.07) is 12.2. The molecule has 1 aromatic carbocycles. The SMILES string of the molecule is O=c1ccc(C2CC2)nn1C1CCC(NS(=O)(=O)c2cccc3cccnc23)CC1. The monoisotopic (exact) mass is 424 g/mol. The topological polar surface area (TPSA) is 94.0 Å². The molecule has 0 saturated heterocycles. The van der Waals surface area contributed by atoms with Gasteiger partial charge in [-0.3, -0.25) is 9.78 Å². The number of sulfonamides is 1. The lowest BCUT2D eigenvalue weighted by Crippen LogP contribution is -2.39. The van der Waals surface area contributed by atoms with Crippen LogP contribution in [0.25, 0.3) is 10.9 Å². The third-order valence-electron chi connectivity index (χ3n) is 6.09. The molecule has 30 heavy (non-hydrogen) atoms. The van der Waals surface area contributed by atoms with E-state index in [4.69, 9.17) is 0 Å². The van der Waals surface area contributed by atoms with E-state index in [-0.39, 0.29) is 22.5 Å². The maximum absolute atomic E-state index is 13.0. The Bertz CT molecular complexity index is 1240. The smallest absolute Gasteiger partial charge is 0.267 e. The number of pyridine rings is 1. The van der Waals surface area contributed by atoms with E-state index in [9.17, 15) is 13.2 Å². The highest BCUT2D eigenvalue weighted by molar-refractivity contribution is 7.89. The van der Waals surface area contributed by atoms with E-state index in [1.807, 2.05) is 18.2 Å². The van der Waals surface area contributed by atoms with E-state index in [0.29, 0.717) is 24.3 Å². The highest BCUT2D eigenvalue weighted by Gasteiger charge is 2.30. The van der Waals surface area contributed by atoms with Crippen molar-refractivity contribution < 1.29 is 8.42 Å². The average Bonchev–Trinajstić information content (AvgIpc) is 3.59. The van der Waals surface area contributed by atoms with Crippen LogP contribution in [0.4, 0.5) is 0 Å². The molecule has 2 saturated carbocycles. The van der Waals surface area contributed by atoms with Crippen molar-refractivity contribution in [3.05, 3.63) is 64.7 Å². The normalized spacial score (nSPS) is 22.3. The van der Waals surface area contributed by atoms with Gasteiger partial charge in [0.2, 0.25) is 10.0 Å². The molecule has 8 heteroatoms. The lowest BCUT2D eigenvalue weighted by atomic mass is 9.92. The maximum Gasteiger partial charge on any atom is 0.267 e. The molecule has 3 aromatic rings. The molecule has 2 aliphatic rings. The van der Waals surface area contributed by atoms with Crippen molar-refractivity contribution in [2.24, 2.45) is 0 Å². The maximum atomic E-state index is 13.0. The number of para-hydroxylation sites is 1. The molecule has 1 N–H and O–H groups in total. The molecule has 5 rings (SSSR count). The number of benzene rings is 1. The second-order valence-corrected chi connectivity index (χ2v) is 9.96. The molecule has 2 fully saturated rings. The van der Waals surface area contributed by atoms with Crippen LogP contribution in [0, 0.1) is 0 Å². The summed E-state index contributed by atoms with van der Waals surface area (Å²) in [4.78, 5) is 16.8. The van der Waals surface area contributed by atoms with Gasteiger partial charge in [0.05, 0.1) is 17.3 Å². The summed E-state index contributed by atoms with van der Waals surface area (Å²) in [5, 5.41) is 5.39. The Kier molecular flexibility index (Phi) is 4.91. The minimum atomic E-state index is -3.68. The summed E-state index contributed by atoms with van der Waals surface area (Å²) < 4.78 is 30.5. The minimum absolute atomic E-state index is 0.0242. The predicted octanol–water partition coefficient (Wildman–Crippen LogP) is 3.13. The van der Waals surface area contributed by atoms with Gasteiger partial charge >= 0.3 is 0 Å². The summed E-state index contributed by atoms with van der Waals surface area (Å²) in [5.74, 6) is 0.495. The largest absolute Gasteiger partial charge is 0.268 e. The molecular weight excluding hydrogens is 400 g/mol. The lowest BCUT2D eigenvalue weighted by Gasteiger charge is -2.29. The molecule has 7 nitrogen and oxygen atoms in total. The van der Waals surface area contributed by atoms with Crippen LogP contribution < -0.4 is 10.3 Å². The van der Waals surface area contributed by atoms with Gasteiger partial charge in [-0.25, -0.2) is 17.8 Å². The molecule has 0 unspecified atom stereocenters. The third-order valence-corrected chi connectivity index (χ3v) is 7.64. The van der Waals surface area contributed by atoms with E-state index >= 15 is 0 Å². The first kappa shape index (κ1) is 19.4. The first-order chi connectivity index (χ1) is 14.5. The minimum Gasteiger partial charge on any atom is -0.268 e. The van der Waals surface area contributed by atoms with Crippen LogP contribution in [0.3, 0.4) is 0 Å². The fraction of sp³-hybridized carbons (Fsp3) is 0.409. The Labute approximate surface area is 175 Å². The molecule has 0 atom stereocenters. The predicted molar refractivity (Wildman–Crippen MR) is 114 cm³/mol. The van der Waals surface area contributed by atoms with Crippen molar-refractivity contribution in [2.45, 2.75) is 61.4 Å². The van der Waals surface area contributed by atoms with Gasteiger partial charge in [-0.1, -0.05) is 18.2 Å². The summed E-state index contributed by atoms with van der Waals surface area (Å²) in [6.07, 6.45) is 6.68. The molecule has 2 aliphatic carbocycles. The fourth-order valence-corrected chi connectivity index (χ4v) is 5.80. The van der Waals surface area contributed by atoms with Gasteiger partial charge in [0.25, 0.3) is 5.56 Å². The summed E-state index contributed by atoms with van der Waals surface area (Å²) in [5.41, 5.74) is 1.40. The van der Waals surface area contributed by atoms with E-state index in [2.05, 4.69) is 14.8 Å². The van der Waals surface area contributed by atoms with Crippen molar-refractivity contribution >= 4 is 20.9 Å². The van der Waals surface area contributed by atoms with Gasteiger partial charge in [-0.15, -0.1) is 0 Å². The number of hydrogen-bond donors (Lipinski definition) is 1. The Morgan fingerprint density at radius 3 is 2.47 bits per heavy atom. The van der Waals surface area contributed by atoms with Crippen LogP contribution in [0.5, 0.6) is 0 Å². The Balaban J connectivity index is 1.30. The standard InChI is InChI=1S/C22H24N4O3S/c27-21-13-12-19(15-6-7-15)24-26(21)18-10-8-17(9-11-18)25-30(28,29)20-5-1-3-16-4-2-14-23-22(16)20/h1-5,12-15,17-18,25H,6-11H2. The molecule has 0 bridgehead atoms. The quantitative estimate of drug-likeness (QED) is 0.679. The first-order valence-electron chi connectivity index (χ1n) is 10.5. The van der Waals surface area contributed by atoms with Crippen molar-refractivity contribution in [3.8, 4) is 0 Å². The zero-order valence-corrected chi connectivity index (χ0v) is 17.4. The molecular formula is C22H24N4O3S. The van der Waals surface area contributed by atoms with Gasteiger partial charge in [0.15, 0.2) is 0 Å². The summed E-state index contributed by atoms with van der Waals surface area (Å²) in [7, 11) is -3.68. The van der Waals surface area contributed by atoms with Crippen LogP contribution in [-0.2, 0) is 10.0 Å². The molecule has 0 aliphatic heterocycles. The Morgan fingerprint density at radius 1 is 0.933 bits per heavy atom. The summed E-state index contributed by atoms with van der Waals surface area (Å²) in [6.45, 7) is 0. The molecule has 0 spiro atoms. The zero-order valence-electron chi connectivity index (χ0n) is 16.6. The van der Waals surface area contributed by atoms with E-state index in [1.54, 1.807) is 35.1 Å². The average molecular weight is 425 g/mol. The fourth-order valence-electron chi connectivity index (χ4n) is 4.31. The van der Waals surface area contributed by atoms with E-state index < -0.39 is 10.0 Å². The lowest BCUT2D eigenvalue weighted by molar-refractivity contribution is 0.284. The number of hydrogen-bond acceptors (Lipinski definition) is 5. The second-order valence-electron chi connectivity index (χ2n) is 8.27. The molecule has 156 valence electrons. The van der Waals surface area contributed by atoms with Crippen LogP contribution in [0.2, 0.25) is 0 Å². The number of fused-ring (bicyclic) bond motifs is 1.